The van der Waals surface area contributed by atoms with E-state index >= 15 is 0 Å². The second kappa shape index (κ2) is 9.66. The highest BCUT2D eigenvalue weighted by Gasteiger charge is 2.47. The highest BCUT2D eigenvalue weighted by molar-refractivity contribution is 6.07. The highest BCUT2D eigenvalue weighted by atomic mass is 16.5. The highest BCUT2D eigenvalue weighted by Crippen LogP contribution is 2.47. The van der Waals surface area contributed by atoms with E-state index in [1.165, 1.54) is 0 Å². The Kier molecular flexibility index (Phi) is 6.41. The van der Waals surface area contributed by atoms with Crippen LogP contribution in [0.15, 0.2) is 59.6 Å². The fourth-order valence-electron chi connectivity index (χ4n) is 5.25. The first-order chi connectivity index (χ1) is 17.5. The SMILES string of the molecule is COc1ccc(CN=C(N)c2ccc(C)c(-c3ccc4c(c3)NC(=O)C43CCOCC3)c2OC)cc1. The van der Waals surface area contributed by atoms with Gasteiger partial charge in [0.2, 0.25) is 5.91 Å². The van der Waals surface area contributed by atoms with Gasteiger partial charge in [0, 0.05) is 24.5 Å². The van der Waals surface area contributed by atoms with E-state index < -0.39 is 5.41 Å². The Labute approximate surface area is 211 Å². The van der Waals surface area contributed by atoms with Gasteiger partial charge in [-0.05, 0) is 66.3 Å². The third-order valence-electron chi connectivity index (χ3n) is 7.29. The number of hydrogen-bond donors (Lipinski definition) is 2. The number of rotatable bonds is 6. The van der Waals surface area contributed by atoms with Gasteiger partial charge < -0.3 is 25.3 Å². The predicted molar refractivity (Wildman–Crippen MR) is 141 cm³/mol. The van der Waals surface area contributed by atoms with Gasteiger partial charge in [0.05, 0.1) is 31.7 Å². The summed E-state index contributed by atoms with van der Waals surface area (Å²) in [6, 6.07) is 17.9. The Hall–Kier alpha value is -3.84. The minimum Gasteiger partial charge on any atom is -0.497 e. The fraction of sp³-hybridized carbons (Fsp3) is 0.310. The zero-order chi connectivity index (χ0) is 25.3. The summed E-state index contributed by atoms with van der Waals surface area (Å²) in [6.07, 6.45) is 1.40. The number of nitrogens with two attached hydrogens (primary N) is 1. The molecule has 0 atom stereocenters. The largest absolute Gasteiger partial charge is 0.497 e. The lowest BCUT2D eigenvalue weighted by molar-refractivity contribution is -0.124. The number of carbonyl (C=O) groups excluding carboxylic acids is 1. The molecule has 0 saturated carbocycles. The second-order valence-corrected chi connectivity index (χ2v) is 9.30. The number of ether oxygens (including phenoxy) is 3. The maximum Gasteiger partial charge on any atom is 0.235 e. The van der Waals surface area contributed by atoms with Crippen molar-refractivity contribution in [2.45, 2.75) is 31.7 Å². The number of benzene rings is 3. The number of amides is 1. The summed E-state index contributed by atoms with van der Waals surface area (Å²) >= 11 is 0. The monoisotopic (exact) mass is 485 g/mol. The molecule has 0 bridgehead atoms. The molecule has 1 spiro atoms. The summed E-state index contributed by atoms with van der Waals surface area (Å²) < 4.78 is 16.6. The van der Waals surface area contributed by atoms with Gasteiger partial charge in [0.25, 0.3) is 0 Å². The van der Waals surface area contributed by atoms with Crippen molar-refractivity contribution in [1.82, 2.24) is 0 Å². The number of carbonyl (C=O) groups is 1. The van der Waals surface area contributed by atoms with Crippen LogP contribution in [0, 0.1) is 6.92 Å². The summed E-state index contributed by atoms with van der Waals surface area (Å²) in [7, 11) is 3.29. The van der Waals surface area contributed by atoms with Crippen LogP contribution in [0.5, 0.6) is 11.5 Å². The van der Waals surface area contributed by atoms with Crippen LogP contribution < -0.4 is 20.5 Å². The quantitative estimate of drug-likeness (QED) is 0.394. The molecule has 7 nitrogen and oxygen atoms in total. The van der Waals surface area contributed by atoms with Crippen LogP contribution in [-0.2, 0) is 21.5 Å². The van der Waals surface area contributed by atoms with E-state index in [2.05, 4.69) is 22.4 Å². The van der Waals surface area contributed by atoms with Gasteiger partial charge in [-0.1, -0.05) is 30.3 Å². The van der Waals surface area contributed by atoms with Gasteiger partial charge >= 0.3 is 0 Å². The van der Waals surface area contributed by atoms with Gasteiger partial charge in [0.1, 0.15) is 17.3 Å². The van der Waals surface area contributed by atoms with Crippen LogP contribution in [0.25, 0.3) is 11.1 Å². The summed E-state index contributed by atoms with van der Waals surface area (Å²) in [5.41, 5.74) is 12.6. The number of nitrogens with one attached hydrogen (secondary N) is 1. The van der Waals surface area contributed by atoms with Gasteiger partial charge in [-0.2, -0.15) is 0 Å². The molecule has 1 amide bonds. The standard InChI is InChI=1S/C29H31N3O4/c1-18-4-10-22(27(30)31-17-19-5-8-21(34-2)9-6-19)26(35-3)25(18)20-7-11-23-24(16-20)32-28(33)29(23)12-14-36-15-13-29/h4-11,16H,12-15,17H2,1-3H3,(H2,30,31)(H,32,33). The van der Waals surface area contributed by atoms with Crippen molar-refractivity contribution in [2.24, 2.45) is 10.7 Å². The number of hydrogen-bond acceptors (Lipinski definition) is 5. The van der Waals surface area contributed by atoms with E-state index in [0.29, 0.717) is 44.2 Å². The van der Waals surface area contributed by atoms with Gasteiger partial charge in [-0.3, -0.25) is 9.79 Å². The molecule has 2 heterocycles. The molecule has 5 rings (SSSR count). The average molecular weight is 486 g/mol. The number of anilines is 1. The first-order valence-corrected chi connectivity index (χ1v) is 12.1. The van der Waals surface area contributed by atoms with E-state index in [1.54, 1.807) is 14.2 Å². The third-order valence-corrected chi connectivity index (χ3v) is 7.29. The zero-order valence-electron chi connectivity index (χ0n) is 20.9. The van der Waals surface area contributed by atoms with Crippen LogP contribution >= 0.6 is 0 Å². The molecule has 3 N–H and O–H groups in total. The Morgan fingerprint density at radius 3 is 2.50 bits per heavy atom. The van der Waals surface area contributed by atoms with Crippen molar-refractivity contribution in [3.8, 4) is 22.6 Å². The zero-order valence-corrected chi connectivity index (χ0v) is 20.9. The number of nitrogens with zero attached hydrogens (tertiary/aromatic N) is 1. The Morgan fingerprint density at radius 1 is 1.06 bits per heavy atom. The average Bonchev–Trinajstić information content (AvgIpc) is 3.17. The smallest absolute Gasteiger partial charge is 0.235 e. The molecular formula is C29H31N3O4. The number of aryl methyl sites for hydroxylation is 1. The number of amidine groups is 1. The molecule has 0 aromatic heterocycles. The Bertz CT molecular complexity index is 1330. The third kappa shape index (κ3) is 4.09. The van der Waals surface area contributed by atoms with Crippen LogP contribution in [0.4, 0.5) is 5.69 Å². The minimum atomic E-state index is -0.494. The van der Waals surface area contributed by atoms with E-state index in [0.717, 1.165) is 44.8 Å². The van der Waals surface area contributed by atoms with Gasteiger partial charge in [0.15, 0.2) is 0 Å². The molecular weight excluding hydrogens is 454 g/mol. The van der Waals surface area contributed by atoms with Gasteiger partial charge in [-0.25, -0.2) is 0 Å². The van der Waals surface area contributed by atoms with Crippen LogP contribution in [0.2, 0.25) is 0 Å². The number of methoxy groups -OCH3 is 2. The summed E-state index contributed by atoms with van der Waals surface area (Å²) in [4.78, 5) is 17.6. The molecule has 36 heavy (non-hydrogen) atoms. The molecule has 7 heteroatoms. The van der Waals surface area contributed by atoms with Crippen molar-refractivity contribution < 1.29 is 19.0 Å². The summed E-state index contributed by atoms with van der Waals surface area (Å²) in [5.74, 6) is 1.93. The van der Waals surface area contributed by atoms with E-state index in [9.17, 15) is 4.79 Å². The lowest BCUT2D eigenvalue weighted by Gasteiger charge is -2.31. The molecule has 1 saturated heterocycles. The first-order valence-electron chi connectivity index (χ1n) is 12.1. The maximum absolute atomic E-state index is 13.0. The normalized spacial score (nSPS) is 16.5. The minimum absolute atomic E-state index is 0.0605. The van der Waals surface area contributed by atoms with Crippen LogP contribution in [-0.4, -0.2) is 39.2 Å². The van der Waals surface area contributed by atoms with Crippen molar-refractivity contribution in [2.75, 3.05) is 32.8 Å². The summed E-state index contributed by atoms with van der Waals surface area (Å²) in [6.45, 7) is 3.68. The maximum atomic E-state index is 13.0. The van der Waals surface area contributed by atoms with Crippen molar-refractivity contribution in [3.05, 3.63) is 76.9 Å². The van der Waals surface area contributed by atoms with E-state index in [-0.39, 0.29) is 5.91 Å². The number of aliphatic imine (C=N–C) groups is 1. The molecule has 0 unspecified atom stereocenters. The topological polar surface area (TPSA) is 95.2 Å². The molecule has 2 aliphatic heterocycles. The molecule has 2 aliphatic rings. The predicted octanol–water partition coefficient (Wildman–Crippen LogP) is 4.59. The second-order valence-electron chi connectivity index (χ2n) is 9.30. The van der Waals surface area contributed by atoms with E-state index in [4.69, 9.17) is 19.9 Å². The fourth-order valence-corrected chi connectivity index (χ4v) is 5.25. The Morgan fingerprint density at radius 2 is 1.81 bits per heavy atom. The number of fused-ring (bicyclic) bond motifs is 2. The van der Waals surface area contributed by atoms with Crippen molar-refractivity contribution >= 4 is 17.4 Å². The molecule has 0 radical (unpaired) electrons. The molecule has 3 aromatic rings. The first kappa shape index (κ1) is 23.9. The van der Waals surface area contributed by atoms with Crippen LogP contribution in [0.3, 0.4) is 0 Å². The molecule has 0 aliphatic carbocycles. The Balaban J connectivity index is 1.50. The summed E-state index contributed by atoms with van der Waals surface area (Å²) in [5, 5.41) is 3.12. The molecule has 3 aromatic carbocycles. The van der Waals surface area contributed by atoms with E-state index in [1.807, 2.05) is 49.4 Å². The van der Waals surface area contributed by atoms with Crippen molar-refractivity contribution in [1.29, 1.82) is 0 Å². The lowest BCUT2D eigenvalue weighted by Crippen LogP contribution is -2.39. The van der Waals surface area contributed by atoms with Crippen LogP contribution in [0.1, 0.15) is 35.1 Å². The lowest BCUT2D eigenvalue weighted by atomic mass is 9.75. The van der Waals surface area contributed by atoms with Gasteiger partial charge in [-0.15, -0.1) is 0 Å². The molecule has 1 fully saturated rings. The molecule has 186 valence electrons. The van der Waals surface area contributed by atoms with Crippen molar-refractivity contribution in [3.63, 3.8) is 0 Å².